The van der Waals surface area contributed by atoms with Crippen molar-refractivity contribution in [2.24, 2.45) is 5.41 Å². The van der Waals surface area contributed by atoms with Gasteiger partial charge in [-0.1, -0.05) is 161 Å². The number of aliphatic hydroxyl groups is 3. The van der Waals surface area contributed by atoms with E-state index in [-0.39, 0.29) is 12.6 Å². The number of esters is 1. The Hall–Kier alpha value is -0.910. The molecule has 5 nitrogen and oxygen atoms in total. The summed E-state index contributed by atoms with van der Waals surface area (Å²) < 4.78 is 5.73. The van der Waals surface area contributed by atoms with Crippen molar-refractivity contribution >= 4 is 5.97 Å². The molecule has 0 aliphatic rings. The molecule has 0 aliphatic heterocycles. The zero-order chi connectivity index (χ0) is 31.9. The van der Waals surface area contributed by atoms with Gasteiger partial charge in [0, 0.05) is 5.57 Å². The minimum atomic E-state index is -1.20. The molecule has 256 valence electrons. The maximum atomic E-state index is 13.6. The third-order valence-electron chi connectivity index (χ3n) is 9.13. The Bertz CT molecular complexity index is 610. The average molecular weight is 611 g/mol. The highest BCUT2D eigenvalue weighted by Crippen LogP contribution is 2.27. The summed E-state index contributed by atoms with van der Waals surface area (Å²) in [6.45, 7) is 5.33. The van der Waals surface area contributed by atoms with E-state index in [1.807, 2.05) is 0 Å². The van der Waals surface area contributed by atoms with Crippen LogP contribution in [0.5, 0.6) is 0 Å². The highest BCUT2D eigenvalue weighted by atomic mass is 16.5. The van der Waals surface area contributed by atoms with Gasteiger partial charge in [-0.3, -0.25) is 0 Å². The molecule has 5 heteroatoms. The van der Waals surface area contributed by atoms with E-state index < -0.39 is 25.2 Å². The molecule has 0 saturated carbocycles. The number of ether oxygens (including phenoxy) is 1. The van der Waals surface area contributed by atoms with E-state index in [1.54, 1.807) is 0 Å². The Morgan fingerprint density at radius 3 is 1.09 bits per heavy atom. The van der Waals surface area contributed by atoms with Crippen LogP contribution in [0.4, 0.5) is 0 Å². The minimum absolute atomic E-state index is 0.168. The van der Waals surface area contributed by atoms with Crippen LogP contribution in [0, 0.1) is 5.41 Å². The lowest BCUT2D eigenvalue weighted by molar-refractivity contribution is -0.147. The molecule has 0 rings (SSSR count). The van der Waals surface area contributed by atoms with Gasteiger partial charge in [0.05, 0.1) is 25.2 Å². The van der Waals surface area contributed by atoms with Gasteiger partial charge in [-0.05, 0) is 38.5 Å². The van der Waals surface area contributed by atoms with Gasteiger partial charge in [0.25, 0.3) is 0 Å². The molecule has 0 bridgehead atoms. The first-order valence-electron chi connectivity index (χ1n) is 18.7. The zero-order valence-corrected chi connectivity index (χ0v) is 29.1. The van der Waals surface area contributed by atoms with E-state index >= 15 is 0 Å². The van der Waals surface area contributed by atoms with Crippen LogP contribution in [0.1, 0.15) is 194 Å². The highest BCUT2D eigenvalue weighted by molar-refractivity contribution is 5.89. The number of rotatable bonds is 33. The Morgan fingerprint density at radius 1 is 0.465 bits per heavy atom. The van der Waals surface area contributed by atoms with Gasteiger partial charge in [-0.15, -0.1) is 0 Å². The number of hydrogen-bond acceptors (Lipinski definition) is 5. The van der Waals surface area contributed by atoms with Gasteiger partial charge in [0.15, 0.2) is 0 Å². The molecule has 0 amide bonds. The number of allylic oxidation sites excluding steroid dienone is 1. The predicted molar refractivity (Wildman–Crippen MR) is 183 cm³/mol. The number of unbranched alkanes of at least 4 members (excludes halogenated alkanes) is 21. The lowest BCUT2D eigenvalue weighted by atomic mass is 9.91. The quantitative estimate of drug-likeness (QED) is 0.0391. The van der Waals surface area contributed by atoms with Crippen molar-refractivity contribution < 1.29 is 24.9 Å². The van der Waals surface area contributed by atoms with Crippen LogP contribution in [0.25, 0.3) is 0 Å². The second-order valence-electron chi connectivity index (χ2n) is 13.3. The van der Waals surface area contributed by atoms with Crippen LogP contribution in [-0.2, 0) is 9.53 Å². The Kier molecular flexibility index (Phi) is 30.4. The summed E-state index contributed by atoms with van der Waals surface area (Å²) in [6.07, 6.45) is 32.7. The summed E-state index contributed by atoms with van der Waals surface area (Å²) in [5, 5.41) is 29.3. The molecule has 0 aromatic heterocycles. The maximum Gasteiger partial charge on any atom is 0.333 e. The minimum Gasteiger partial charge on any atom is -0.461 e. The van der Waals surface area contributed by atoms with E-state index in [9.17, 15) is 20.1 Å². The average Bonchev–Trinajstić information content (AvgIpc) is 3.03. The van der Waals surface area contributed by atoms with Crippen molar-refractivity contribution in [1.82, 2.24) is 0 Å². The van der Waals surface area contributed by atoms with E-state index in [4.69, 9.17) is 4.74 Å². The molecule has 0 saturated heterocycles. The fourth-order valence-corrected chi connectivity index (χ4v) is 5.82. The summed E-state index contributed by atoms with van der Waals surface area (Å²) in [5.74, 6) is -0.309. The first-order chi connectivity index (χ1) is 21.0. The summed E-state index contributed by atoms with van der Waals surface area (Å²) in [4.78, 5) is 13.6. The molecule has 0 aromatic rings. The number of aliphatic hydroxyl groups excluding tert-OH is 3. The molecular weight excluding hydrogens is 536 g/mol. The number of carbonyl (C=O) groups is 1. The van der Waals surface area contributed by atoms with E-state index in [0.29, 0.717) is 0 Å². The fourth-order valence-electron chi connectivity index (χ4n) is 5.82. The first kappa shape index (κ1) is 42.1. The Labute approximate surface area is 267 Å². The molecule has 0 radical (unpaired) electrons. The largest absolute Gasteiger partial charge is 0.461 e. The standard InChI is InChI=1S/C38H74O5/c1-4-7-10-13-16-19-22-25-28-35(29-26-23-20-17-14-11-8-5-2)36(30-27-24-21-18-15-12-9-6-3)37(42)43-34-38(31-39,32-40)33-41/h39-41H,4-34H2,1-3H3. The zero-order valence-electron chi connectivity index (χ0n) is 29.1. The highest BCUT2D eigenvalue weighted by Gasteiger charge is 2.31. The van der Waals surface area contributed by atoms with Crippen LogP contribution in [0.3, 0.4) is 0 Å². The van der Waals surface area contributed by atoms with Crippen molar-refractivity contribution in [1.29, 1.82) is 0 Å². The van der Waals surface area contributed by atoms with E-state index in [2.05, 4.69) is 20.8 Å². The Balaban J connectivity index is 5.40. The van der Waals surface area contributed by atoms with Crippen LogP contribution in [0.15, 0.2) is 11.1 Å². The van der Waals surface area contributed by atoms with Crippen LogP contribution in [-0.4, -0.2) is 47.7 Å². The lowest BCUT2D eigenvalue weighted by Crippen LogP contribution is -2.39. The summed E-state index contributed by atoms with van der Waals surface area (Å²) in [5.41, 5.74) is 0.904. The molecular formula is C38H74O5. The molecule has 0 atom stereocenters. The molecule has 3 N–H and O–H groups in total. The van der Waals surface area contributed by atoms with Crippen molar-refractivity contribution in [3.05, 3.63) is 11.1 Å². The SMILES string of the molecule is CCCCCCCCCCC(CCCCCCCCCC)=C(CCCCCCCCCC)C(=O)OCC(CO)(CO)CO. The van der Waals surface area contributed by atoms with Gasteiger partial charge >= 0.3 is 5.97 Å². The van der Waals surface area contributed by atoms with E-state index in [0.717, 1.165) is 50.5 Å². The lowest BCUT2D eigenvalue weighted by Gasteiger charge is -2.27. The van der Waals surface area contributed by atoms with Gasteiger partial charge < -0.3 is 20.1 Å². The maximum absolute atomic E-state index is 13.6. The summed E-state index contributed by atoms with van der Waals surface area (Å²) >= 11 is 0. The van der Waals surface area contributed by atoms with Crippen molar-refractivity contribution in [2.75, 3.05) is 26.4 Å². The third kappa shape index (κ3) is 23.1. The molecule has 0 aromatic carbocycles. The fraction of sp³-hybridized carbons (Fsp3) is 0.921. The number of carbonyl (C=O) groups excluding carboxylic acids is 1. The first-order valence-corrected chi connectivity index (χ1v) is 18.7. The second kappa shape index (κ2) is 31.1. The van der Waals surface area contributed by atoms with Gasteiger partial charge in [0.1, 0.15) is 6.61 Å². The van der Waals surface area contributed by atoms with E-state index in [1.165, 1.54) is 134 Å². The van der Waals surface area contributed by atoms with Gasteiger partial charge in [-0.2, -0.15) is 0 Å². The van der Waals surface area contributed by atoms with Crippen molar-refractivity contribution in [2.45, 2.75) is 194 Å². The Morgan fingerprint density at radius 2 is 0.767 bits per heavy atom. The van der Waals surface area contributed by atoms with Crippen LogP contribution < -0.4 is 0 Å². The number of hydrogen-bond donors (Lipinski definition) is 3. The molecule has 0 aliphatic carbocycles. The van der Waals surface area contributed by atoms with Gasteiger partial charge in [0.2, 0.25) is 0 Å². The van der Waals surface area contributed by atoms with Crippen LogP contribution >= 0.6 is 0 Å². The monoisotopic (exact) mass is 611 g/mol. The van der Waals surface area contributed by atoms with Crippen molar-refractivity contribution in [3.63, 3.8) is 0 Å². The van der Waals surface area contributed by atoms with Crippen LogP contribution in [0.2, 0.25) is 0 Å². The molecule has 0 fully saturated rings. The molecule has 0 unspecified atom stereocenters. The van der Waals surface area contributed by atoms with Gasteiger partial charge in [-0.25, -0.2) is 4.79 Å². The predicted octanol–water partition coefficient (Wildman–Crippen LogP) is 10.4. The normalized spacial score (nSPS) is 11.7. The summed E-state index contributed by atoms with van der Waals surface area (Å²) in [7, 11) is 0. The smallest absolute Gasteiger partial charge is 0.333 e. The molecule has 0 heterocycles. The molecule has 43 heavy (non-hydrogen) atoms. The van der Waals surface area contributed by atoms with Crippen molar-refractivity contribution in [3.8, 4) is 0 Å². The third-order valence-corrected chi connectivity index (χ3v) is 9.13. The second-order valence-corrected chi connectivity index (χ2v) is 13.3. The topological polar surface area (TPSA) is 87.0 Å². The summed E-state index contributed by atoms with van der Waals surface area (Å²) in [6, 6.07) is 0. The molecule has 0 spiro atoms.